The highest BCUT2D eigenvalue weighted by Crippen LogP contribution is 2.18. The third-order valence-electron chi connectivity index (χ3n) is 1.74. The molecule has 0 radical (unpaired) electrons. The fourth-order valence-electron chi connectivity index (χ4n) is 1.03. The Morgan fingerprint density at radius 2 is 1.73 bits per heavy atom. The lowest BCUT2D eigenvalue weighted by Gasteiger charge is -1.92. The number of aromatic nitrogens is 1. The van der Waals surface area contributed by atoms with Crippen LogP contribution in [0.15, 0.2) is 58.9 Å². The van der Waals surface area contributed by atoms with Crippen molar-refractivity contribution < 1.29 is 0 Å². The predicted octanol–water partition coefficient (Wildman–Crippen LogP) is 4.15. The number of pyridine rings is 1. The topological polar surface area (TPSA) is 37.6 Å². The first-order valence-corrected chi connectivity index (χ1v) is 4.81. The van der Waals surface area contributed by atoms with Crippen LogP contribution >= 0.6 is 11.6 Å². The maximum Gasteiger partial charge on any atom is 0.174 e. The first-order valence-electron chi connectivity index (χ1n) is 4.43. The van der Waals surface area contributed by atoms with Crippen molar-refractivity contribution in [3.8, 4) is 0 Å². The molecule has 0 N–H and O–H groups in total. The minimum Gasteiger partial charge on any atom is -0.236 e. The summed E-state index contributed by atoms with van der Waals surface area (Å²) < 4.78 is 0. The van der Waals surface area contributed by atoms with E-state index in [0.29, 0.717) is 10.8 Å². The van der Waals surface area contributed by atoms with Crippen LogP contribution in [0.3, 0.4) is 0 Å². The summed E-state index contributed by atoms with van der Waals surface area (Å²) in [6.45, 7) is 0. The highest BCUT2D eigenvalue weighted by molar-refractivity contribution is 6.30. The van der Waals surface area contributed by atoms with Gasteiger partial charge in [0.15, 0.2) is 5.82 Å². The normalized spacial score (nSPS) is 10.7. The highest BCUT2D eigenvalue weighted by atomic mass is 35.5. The summed E-state index contributed by atoms with van der Waals surface area (Å²) in [5, 5.41) is 8.69. The Balaban J connectivity index is 2.15. The van der Waals surface area contributed by atoms with Crippen molar-refractivity contribution in [3.63, 3.8) is 0 Å². The largest absolute Gasteiger partial charge is 0.236 e. The van der Waals surface area contributed by atoms with Gasteiger partial charge in [0.2, 0.25) is 0 Å². The van der Waals surface area contributed by atoms with Gasteiger partial charge in [-0.05, 0) is 36.4 Å². The van der Waals surface area contributed by atoms with Crippen molar-refractivity contribution in [2.75, 3.05) is 0 Å². The Morgan fingerprint density at radius 3 is 2.40 bits per heavy atom. The van der Waals surface area contributed by atoms with Crippen LogP contribution in [-0.4, -0.2) is 4.98 Å². The van der Waals surface area contributed by atoms with Crippen LogP contribution in [0.1, 0.15) is 0 Å². The van der Waals surface area contributed by atoms with Crippen molar-refractivity contribution in [2.45, 2.75) is 0 Å². The first kappa shape index (κ1) is 9.80. The van der Waals surface area contributed by atoms with Gasteiger partial charge in [0.25, 0.3) is 0 Å². The Bertz CT molecular complexity index is 451. The average molecular weight is 218 g/mol. The number of rotatable bonds is 2. The van der Waals surface area contributed by atoms with Crippen LogP contribution in [0.2, 0.25) is 5.02 Å². The Morgan fingerprint density at radius 1 is 0.933 bits per heavy atom. The van der Waals surface area contributed by atoms with Crippen LogP contribution in [0.5, 0.6) is 0 Å². The number of nitrogens with zero attached hydrogens (tertiary/aromatic N) is 3. The Labute approximate surface area is 92.5 Å². The lowest BCUT2D eigenvalue weighted by Crippen LogP contribution is -1.69. The van der Waals surface area contributed by atoms with Crippen LogP contribution in [0.4, 0.5) is 11.5 Å². The van der Waals surface area contributed by atoms with Crippen molar-refractivity contribution in [1.29, 1.82) is 0 Å². The van der Waals surface area contributed by atoms with E-state index in [2.05, 4.69) is 15.2 Å². The van der Waals surface area contributed by atoms with Crippen LogP contribution in [0, 0.1) is 0 Å². The third kappa shape index (κ3) is 2.86. The number of halogens is 1. The molecule has 1 aromatic carbocycles. The van der Waals surface area contributed by atoms with E-state index in [4.69, 9.17) is 11.6 Å². The van der Waals surface area contributed by atoms with E-state index in [-0.39, 0.29) is 0 Å². The molecule has 1 heterocycles. The maximum atomic E-state index is 5.74. The van der Waals surface area contributed by atoms with E-state index in [1.54, 1.807) is 36.5 Å². The summed E-state index contributed by atoms with van der Waals surface area (Å²) in [5.41, 5.74) is 0.755. The zero-order valence-corrected chi connectivity index (χ0v) is 8.59. The Kier molecular flexibility index (Phi) is 3.05. The van der Waals surface area contributed by atoms with Crippen molar-refractivity contribution in [3.05, 3.63) is 53.7 Å². The molecule has 0 saturated carbocycles. The highest BCUT2D eigenvalue weighted by Gasteiger charge is 1.90. The minimum absolute atomic E-state index is 0.590. The molecule has 0 amide bonds. The van der Waals surface area contributed by atoms with E-state index in [1.807, 2.05) is 12.1 Å². The number of hydrogen-bond acceptors (Lipinski definition) is 3. The smallest absolute Gasteiger partial charge is 0.174 e. The molecule has 0 bridgehead atoms. The van der Waals surface area contributed by atoms with Gasteiger partial charge in [0, 0.05) is 11.2 Å². The molecule has 3 nitrogen and oxygen atoms in total. The van der Waals surface area contributed by atoms with Gasteiger partial charge in [-0.3, -0.25) is 0 Å². The number of benzene rings is 1. The molecule has 0 saturated heterocycles. The maximum absolute atomic E-state index is 5.74. The van der Waals surface area contributed by atoms with E-state index < -0.39 is 0 Å². The fraction of sp³-hybridized carbons (Fsp3) is 0. The monoisotopic (exact) mass is 217 g/mol. The summed E-state index contributed by atoms with van der Waals surface area (Å²) >= 11 is 5.74. The minimum atomic E-state index is 0.590. The molecule has 0 atom stereocenters. The molecule has 0 fully saturated rings. The van der Waals surface area contributed by atoms with Gasteiger partial charge in [-0.2, -0.15) is 0 Å². The van der Waals surface area contributed by atoms with Gasteiger partial charge in [-0.1, -0.05) is 17.7 Å². The second kappa shape index (κ2) is 4.66. The molecule has 0 aliphatic rings. The van der Waals surface area contributed by atoms with Gasteiger partial charge in [-0.25, -0.2) is 4.98 Å². The van der Waals surface area contributed by atoms with Crippen LogP contribution < -0.4 is 0 Å². The van der Waals surface area contributed by atoms with Crippen LogP contribution in [-0.2, 0) is 0 Å². The van der Waals surface area contributed by atoms with Gasteiger partial charge in [0.1, 0.15) is 0 Å². The summed E-state index contributed by atoms with van der Waals surface area (Å²) in [6.07, 6.45) is 1.68. The Hall–Kier alpha value is -1.74. The van der Waals surface area contributed by atoms with Gasteiger partial charge in [0.05, 0.1) is 5.69 Å². The molecular formula is C11H8ClN3. The fourth-order valence-corrected chi connectivity index (χ4v) is 1.16. The lowest BCUT2D eigenvalue weighted by molar-refractivity contribution is 1.15. The molecule has 0 aliphatic heterocycles. The molecule has 15 heavy (non-hydrogen) atoms. The molecule has 1 aromatic heterocycles. The van der Waals surface area contributed by atoms with Gasteiger partial charge >= 0.3 is 0 Å². The van der Waals surface area contributed by atoms with E-state index >= 15 is 0 Å². The predicted molar refractivity (Wildman–Crippen MR) is 59.9 cm³/mol. The number of hydrogen-bond donors (Lipinski definition) is 0. The summed E-state index contributed by atoms with van der Waals surface area (Å²) in [7, 11) is 0. The molecule has 4 heteroatoms. The second-order valence-electron chi connectivity index (χ2n) is 2.86. The zero-order chi connectivity index (χ0) is 10.5. The third-order valence-corrected chi connectivity index (χ3v) is 2.00. The summed E-state index contributed by atoms with van der Waals surface area (Å²) in [4.78, 5) is 4.02. The molecule has 0 unspecified atom stereocenters. The van der Waals surface area contributed by atoms with E-state index in [0.717, 1.165) is 5.69 Å². The van der Waals surface area contributed by atoms with Crippen molar-refractivity contribution in [1.82, 2.24) is 4.98 Å². The molecule has 0 spiro atoms. The molecule has 74 valence electrons. The zero-order valence-electron chi connectivity index (χ0n) is 7.84. The van der Waals surface area contributed by atoms with E-state index in [1.165, 1.54) is 0 Å². The molecular weight excluding hydrogens is 210 g/mol. The first-order chi connectivity index (χ1) is 7.34. The standard InChI is InChI=1S/C11H8ClN3/c12-9-4-6-10(7-5-9)14-15-11-3-1-2-8-13-11/h1-8H/b15-14+. The van der Waals surface area contributed by atoms with Gasteiger partial charge in [-0.15, -0.1) is 10.2 Å². The van der Waals surface area contributed by atoms with E-state index in [9.17, 15) is 0 Å². The molecule has 0 aliphatic carbocycles. The quantitative estimate of drug-likeness (QED) is 0.697. The lowest BCUT2D eigenvalue weighted by atomic mass is 10.3. The van der Waals surface area contributed by atoms with Gasteiger partial charge < -0.3 is 0 Å². The summed E-state index contributed by atoms with van der Waals surface area (Å²) in [6, 6.07) is 12.6. The van der Waals surface area contributed by atoms with Crippen molar-refractivity contribution in [2.24, 2.45) is 10.2 Å². The molecule has 2 aromatic rings. The van der Waals surface area contributed by atoms with Crippen LogP contribution in [0.25, 0.3) is 0 Å². The number of azo groups is 1. The second-order valence-corrected chi connectivity index (χ2v) is 3.30. The molecule has 2 rings (SSSR count). The summed E-state index contributed by atoms with van der Waals surface area (Å²) in [5.74, 6) is 0.590. The average Bonchev–Trinajstić information content (AvgIpc) is 2.30. The SMILES string of the molecule is Clc1ccc(/N=N/c2ccccn2)cc1. The van der Waals surface area contributed by atoms with Crippen molar-refractivity contribution >= 4 is 23.1 Å².